The molecule has 0 aromatic heterocycles. The highest BCUT2D eigenvalue weighted by atomic mass is 16.5. The summed E-state index contributed by atoms with van der Waals surface area (Å²) in [4.78, 5) is 41.2. The van der Waals surface area contributed by atoms with Crippen molar-refractivity contribution in [2.24, 2.45) is 0 Å². The molecule has 2 saturated heterocycles. The Hall–Kier alpha value is -3.19. The third kappa shape index (κ3) is 3.93. The number of aliphatic carboxylic acids is 1. The molecule has 2 amide bonds. The van der Waals surface area contributed by atoms with E-state index in [9.17, 15) is 19.5 Å². The maximum atomic E-state index is 13.3. The third-order valence-corrected chi connectivity index (χ3v) is 6.16. The molecule has 162 valence electrons. The highest BCUT2D eigenvalue weighted by Crippen LogP contribution is 2.38. The van der Waals surface area contributed by atoms with Crippen molar-refractivity contribution < 1.29 is 24.2 Å². The molecule has 31 heavy (non-hydrogen) atoms. The number of benzene rings is 2. The zero-order valence-corrected chi connectivity index (χ0v) is 17.7. The Balaban J connectivity index is 1.56. The molecule has 1 N–H and O–H groups in total. The van der Waals surface area contributed by atoms with E-state index in [1.165, 1.54) is 4.90 Å². The van der Waals surface area contributed by atoms with Crippen LogP contribution in [0.5, 0.6) is 0 Å². The van der Waals surface area contributed by atoms with Crippen molar-refractivity contribution in [2.45, 2.75) is 38.5 Å². The molecular formula is C24H26N2O5. The minimum atomic E-state index is -1.09. The quantitative estimate of drug-likeness (QED) is 0.822. The van der Waals surface area contributed by atoms with Gasteiger partial charge in [0.25, 0.3) is 11.8 Å². The van der Waals surface area contributed by atoms with Gasteiger partial charge in [-0.3, -0.25) is 14.5 Å². The molecule has 0 aliphatic carbocycles. The van der Waals surface area contributed by atoms with Crippen LogP contribution in [-0.4, -0.2) is 64.2 Å². The van der Waals surface area contributed by atoms with E-state index in [2.05, 4.69) is 0 Å². The van der Waals surface area contributed by atoms with Crippen LogP contribution in [0.3, 0.4) is 0 Å². The Morgan fingerprint density at radius 2 is 1.61 bits per heavy atom. The van der Waals surface area contributed by atoms with Gasteiger partial charge < -0.3 is 14.7 Å². The normalized spacial score (nSPS) is 20.1. The van der Waals surface area contributed by atoms with E-state index in [1.807, 2.05) is 44.2 Å². The lowest BCUT2D eigenvalue weighted by Crippen LogP contribution is -2.58. The number of aryl methyl sites for hydroxylation is 2. The molecule has 2 aliphatic heterocycles. The van der Waals surface area contributed by atoms with Crippen LogP contribution >= 0.6 is 0 Å². The molecule has 2 aromatic rings. The fraction of sp³-hybridized carbons (Fsp3) is 0.375. The van der Waals surface area contributed by atoms with Gasteiger partial charge in [-0.05, 0) is 38.1 Å². The van der Waals surface area contributed by atoms with E-state index in [0.717, 1.165) is 11.1 Å². The second-order valence-corrected chi connectivity index (χ2v) is 8.31. The second kappa shape index (κ2) is 8.15. The summed E-state index contributed by atoms with van der Waals surface area (Å²) in [6, 6.07) is 13.5. The van der Waals surface area contributed by atoms with Crippen LogP contribution < -0.4 is 0 Å². The molecule has 2 heterocycles. The number of ether oxygens (including phenoxy) is 1. The molecule has 7 heteroatoms. The first-order valence-electron chi connectivity index (χ1n) is 10.4. The second-order valence-electron chi connectivity index (χ2n) is 8.31. The largest absolute Gasteiger partial charge is 0.480 e. The van der Waals surface area contributed by atoms with Crippen LogP contribution in [0.2, 0.25) is 0 Å². The van der Waals surface area contributed by atoms with Crippen LogP contribution in [0, 0.1) is 13.8 Å². The summed E-state index contributed by atoms with van der Waals surface area (Å²) < 4.78 is 5.97. The maximum absolute atomic E-state index is 13.3. The maximum Gasteiger partial charge on any atom is 0.328 e. The number of hydrogen-bond acceptors (Lipinski definition) is 4. The molecule has 0 saturated carbocycles. The molecular weight excluding hydrogens is 396 g/mol. The summed E-state index contributed by atoms with van der Waals surface area (Å²) in [5.74, 6) is -1.51. The fourth-order valence-electron chi connectivity index (χ4n) is 4.41. The van der Waals surface area contributed by atoms with Gasteiger partial charge in [0, 0.05) is 37.1 Å². The zero-order chi connectivity index (χ0) is 22.2. The number of carboxylic acid groups (broad SMARTS) is 1. The summed E-state index contributed by atoms with van der Waals surface area (Å²) in [6.07, 6.45) is 0.734. The molecule has 0 radical (unpaired) electrons. The molecule has 2 aromatic carbocycles. The Morgan fingerprint density at radius 1 is 0.935 bits per heavy atom. The van der Waals surface area contributed by atoms with E-state index in [1.54, 1.807) is 23.1 Å². The van der Waals surface area contributed by atoms with Gasteiger partial charge in [0.05, 0.1) is 6.61 Å². The number of amides is 2. The van der Waals surface area contributed by atoms with Gasteiger partial charge in [0.1, 0.15) is 5.72 Å². The summed E-state index contributed by atoms with van der Waals surface area (Å²) in [6.45, 7) is 4.58. The summed E-state index contributed by atoms with van der Waals surface area (Å²) in [7, 11) is 0. The van der Waals surface area contributed by atoms with Crippen LogP contribution in [0.4, 0.5) is 0 Å². The molecule has 0 bridgehead atoms. The van der Waals surface area contributed by atoms with Crippen molar-refractivity contribution in [3.8, 4) is 0 Å². The smallest absolute Gasteiger partial charge is 0.328 e. The highest BCUT2D eigenvalue weighted by Gasteiger charge is 2.54. The fourth-order valence-corrected chi connectivity index (χ4v) is 4.41. The first-order chi connectivity index (χ1) is 14.8. The SMILES string of the molecule is Cc1ccc(C(=O)N2[C@H](C(=O)O)COC23CCN(C(=O)c2cccc(C)c2)CC3)cc1. The molecule has 4 rings (SSSR count). The van der Waals surface area contributed by atoms with E-state index >= 15 is 0 Å². The first-order valence-corrected chi connectivity index (χ1v) is 10.4. The average molecular weight is 422 g/mol. The Bertz CT molecular complexity index is 1010. The molecule has 2 aliphatic rings. The number of likely N-dealkylation sites (tertiary alicyclic amines) is 1. The van der Waals surface area contributed by atoms with Crippen molar-refractivity contribution in [1.82, 2.24) is 9.80 Å². The van der Waals surface area contributed by atoms with Gasteiger partial charge in [0.15, 0.2) is 6.04 Å². The van der Waals surface area contributed by atoms with Gasteiger partial charge in [-0.15, -0.1) is 0 Å². The van der Waals surface area contributed by atoms with E-state index in [0.29, 0.717) is 37.1 Å². The van der Waals surface area contributed by atoms with Crippen LogP contribution in [-0.2, 0) is 9.53 Å². The lowest BCUT2D eigenvalue weighted by Gasteiger charge is -2.44. The molecule has 1 atom stereocenters. The zero-order valence-electron chi connectivity index (χ0n) is 17.7. The predicted molar refractivity (Wildman–Crippen MR) is 114 cm³/mol. The Kier molecular flexibility index (Phi) is 5.54. The Morgan fingerprint density at radius 3 is 2.23 bits per heavy atom. The van der Waals surface area contributed by atoms with Crippen molar-refractivity contribution >= 4 is 17.8 Å². The molecule has 2 fully saturated rings. The standard InChI is InChI=1S/C24H26N2O5/c1-16-6-8-18(9-7-16)22(28)26-20(23(29)30)15-31-24(26)10-12-25(13-11-24)21(27)19-5-3-4-17(2)14-19/h3-9,14,20H,10-13,15H2,1-2H3,(H,29,30)/t20-/m0/s1. The number of carbonyl (C=O) groups excluding carboxylic acids is 2. The van der Waals surface area contributed by atoms with Crippen molar-refractivity contribution in [1.29, 1.82) is 0 Å². The van der Waals surface area contributed by atoms with Gasteiger partial charge in [-0.2, -0.15) is 0 Å². The number of carbonyl (C=O) groups is 3. The van der Waals surface area contributed by atoms with Gasteiger partial charge in [-0.25, -0.2) is 4.79 Å². The number of piperidine rings is 1. The number of hydrogen-bond donors (Lipinski definition) is 1. The third-order valence-electron chi connectivity index (χ3n) is 6.16. The van der Waals surface area contributed by atoms with Gasteiger partial charge >= 0.3 is 5.97 Å². The monoisotopic (exact) mass is 422 g/mol. The topological polar surface area (TPSA) is 87.2 Å². The van der Waals surface area contributed by atoms with E-state index in [-0.39, 0.29) is 18.4 Å². The van der Waals surface area contributed by atoms with Crippen LogP contribution in [0.1, 0.15) is 44.7 Å². The molecule has 7 nitrogen and oxygen atoms in total. The minimum absolute atomic E-state index is 0.0568. The average Bonchev–Trinajstić information content (AvgIpc) is 3.12. The van der Waals surface area contributed by atoms with E-state index in [4.69, 9.17) is 4.74 Å². The summed E-state index contributed by atoms with van der Waals surface area (Å²) >= 11 is 0. The van der Waals surface area contributed by atoms with E-state index < -0.39 is 17.7 Å². The highest BCUT2D eigenvalue weighted by molar-refractivity contribution is 5.98. The Labute approximate surface area is 181 Å². The predicted octanol–water partition coefficient (Wildman–Crippen LogP) is 2.86. The van der Waals surface area contributed by atoms with Gasteiger partial charge in [0.2, 0.25) is 0 Å². The van der Waals surface area contributed by atoms with Crippen molar-refractivity contribution in [3.05, 3.63) is 70.8 Å². The molecule has 1 spiro atoms. The molecule has 0 unspecified atom stereocenters. The van der Waals surface area contributed by atoms with Gasteiger partial charge in [-0.1, -0.05) is 35.4 Å². The van der Waals surface area contributed by atoms with Crippen molar-refractivity contribution in [3.63, 3.8) is 0 Å². The number of rotatable bonds is 3. The minimum Gasteiger partial charge on any atom is -0.480 e. The van der Waals surface area contributed by atoms with Crippen LogP contribution in [0.25, 0.3) is 0 Å². The van der Waals surface area contributed by atoms with Crippen molar-refractivity contribution in [2.75, 3.05) is 19.7 Å². The number of nitrogens with zero attached hydrogens (tertiary/aromatic N) is 2. The first kappa shape index (κ1) is 21.1. The van der Waals surface area contributed by atoms with Crippen LogP contribution in [0.15, 0.2) is 48.5 Å². The summed E-state index contributed by atoms with van der Waals surface area (Å²) in [5, 5.41) is 9.71. The summed E-state index contributed by atoms with van der Waals surface area (Å²) in [5.41, 5.74) is 2.06. The lowest BCUT2D eigenvalue weighted by atomic mass is 9.96. The lowest BCUT2D eigenvalue weighted by molar-refractivity contribution is -0.143. The number of carboxylic acids is 1.